The van der Waals surface area contributed by atoms with Crippen molar-refractivity contribution in [3.05, 3.63) is 59.7 Å². The van der Waals surface area contributed by atoms with E-state index in [2.05, 4.69) is 10.6 Å². The van der Waals surface area contributed by atoms with E-state index in [0.29, 0.717) is 35.5 Å². The van der Waals surface area contributed by atoms with Crippen LogP contribution in [-0.4, -0.2) is 38.1 Å². The Labute approximate surface area is 171 Å². The van der Waals surface area contributed by atoms with Crippen molar-refractivity contribution in [2.24, 2.45) is 0 Å². The summed E-state index contributed by atoms with van der Waals surface area (Å²) in [7, 11) is -3.30. The average molecular weight is 416 g/mol. The van der Waals surface area contributed by atoms with Gasteiger partial charge in [-0.3, -0.25) is 13.9 Å². The fourth-order valence-electron chi connectivity index (χ4n) is 3.05. The predicted molar refractivity (Wildman–Crippen MR) is 114 cm³/mol. The highest BCUT2D eigenvalue weighted by Gasteiger charge is 2.28. The Hall–Kier alpha value is -2.87. The largest absolute Gasteiger partial charge is 0.347 e. The summed E-state index contributed by atoms with van der Waals surface area (Å²) in [6, 6.07) is 13.2. The van der Waals surface area contributed by atoms with Crippen LogP contribution in [0.25, 0.3) is 0 Å². The normalized spacial score (nSPS) is 15.8. The number of nitrogens with zero attached hydrogens (tertiary/aromatic N) is 1. The van der Waals surface area contributed by atoms with Crippen molar-refractivity contribution < 1.29 is 18.0 Å². The smallest absolute Gasteiger partial charge is 0.255 e. The molecular weight excluding hydrogens is 390 g/mol. The molecule has 1 saturated heterocycles. The van der Waals surface area contributed by atoms with Crippen LogP contribution in [0, 0.1) is 0 Å². The summed E-state index contributed by atoms with van der Waals surface area (Å²) in [5.74, 6) is -0.413. The molecule has 3 rings (SSSR count). The predicted octanol–water partition coefficient (Wildman–Crippen LogP) is 3.01. The lowest BCUT2D eigenvalue weighted by Crippen LogP contribution is -2.40. The van der Waals surface area contributed by atoms with Gasteiger partial charge in [0.05, 0.1) is 11.4 Å². The van der Waals surface area contributed by atoms with E-state index >= 15 is 0 Å². The van der Waals surface area contributed by atoms with E-state index in [1.165, 1.54) is 4.31 Å². The summed E-state index contributed by atoms with van der Waals surface area (Å²) in [5, 5.41) is 5.65. The molecule has 154 valence electrons. The first-order valence-electron chi connectivity index (χ1n) is 9.40. The molecule has 1 aliphatic heterocycles. The van der Waals surface area contributed by atoms with E-state index in [4.69, 9.17) is 0 Å². The van der Waals surface area contributed by atoms with Gasteiger partial charge < -0.3 is 10.6 Å². The monoisotopic (exact) mass is 415 g/mol. The number of hydrogen-bond acceptors (Lipinski definition) is 4. The van der Waals surface area contributed by atoms with E-state index in [9.17, 15) is 18.0 Å². The molecule has 8 heteroatoms. The van der Waals surface area contributed by atoms with E-state index in [0.717, 1.165) is 0 Å². The second-order valence-electron chi connectivity index (χ2n) is 8.03. The molecule has 0 unspecified atom stereocenters. The van der Waals surface area contributed by atoms with E-state index in [-0.39, 0.29) is 23.1 Å². The van der Waals surface area contributed by atoms with Crippen LogP contribution in [0.5, 0.6) is 0 Å². The maximum absolute atomic E-state index is 12.6. The van der Waals surface area contributed by atoms with Crippen molar-refractivity contribution in [2.75, 3.05) is 21.9 Å². The summed E-state index contributed by atoms with van der Waals surface area (Å²) in [6.07, 6.45) is 0.577. The number of sulfonamides is 1. The number of hydrogen-bond donors (Lipinski definition) is 2. The number of nitrogens with one attached hydrogen (secondary N) is 2. The van der Waals surface area contributed by atoms with Crippen molar-refractivity contribution in [3.63, 3.8) is 0 Å². The molecule has 1 heterocycles. The Morgan fingerprint density at radius 3 is 2.24 bits per heavy atom. The zero-order valence-corrected chi connectivity index (χ0v) is 17.5. The van der Waals surface area contributed by atoms with Gasteiger partial charge in [0, 0.05) is 28.9 Å². The SMILES string of the molecule is CC(C)(C)NC(=O)c1ccc(NC(=O)c2cccc(N3CCCS3(=O)=O)c2)cc1. The molecule has 0 bridgehead atoms. The number of benzene rings is 2. The second kappa shape index (κ2) is 7.87. The molecule has 0 saturated carbocycles. The molecule has 1 aliphatic rings. The second-order valence-corrected chi connectivity index (χ2v) is 10.0. The summed E-state index contributed by atoms with van der Waals surface area (Å²) in [4.78, 5) is 24.8. The topological polar surface area (TPSA) is 95.6 Å². The molecule has 0 radical (unpaired) electrons. The minimum Gasteiger partial charge on any atom is -0.347 e. The lowest BCUT2D eigenvalue weighted by Gasteiger charge is -2.20. The fourth-order valence-corrected chi connectivity index (χ4v) is 4.61. The molecule has 0 aliphatic carbocycles. The van der Waals surface area contributed by atoms with Gasteiger partial charge in [-0.15, -0.1) is 0 Å². The molecule has 2 N–H and O–H groups in total. The third-order valence-corrected chi connectivity index (χ3v) is 6.26. The van der Waals surface area contributed by atoms with Crippen LogP contribution in [0.4, 0.5) is 11.4 Å². The van der Waals surface area contributed by atoms with Crippen molar-refractivity contribution in [3.8, 4) is 0 Å². The minimum atomic E-state index is -3.30. The van der Waals surface area contributed by atoms with Gasteiger partial charge in [-0.1, -0.05) is 6.07 Å². The van der Waals surface area contributed by atoms with Gasteiger partial charge >= 0.3 is 0 Å². The van der Waals surface area contributed by atoms with Crippen LogP contribution in [-0.2, 0) is 10.0 Å². The quantitative estimate of drug-likeness (QED) is 0.802. The number of amides is 2. The van der Waals surface area contributed by atoms with Crippen LogP contribution < -0.4 is 14.9 Å². The van der Waals surface area contributed by atoms with Crippen LogP contribution in [0.15, 0.2) is 48.5 Å². The first-order chi connectivity index (χ1) is 13.5. The molecule has 1 fully saturated rings. The van der Waals surface area contributed by atoms with Gasteiger partial charge in [0.25, 0.3) is 11.8 Å². The van der Waals surface area contributed by atoms with Crippen molar-refractivity contribution in [1.29, 1.82) is 0 Å². The number of anilines is 2. The third-order valence-electron chi connectivity index (χ3n) is 4.39. The van der Waals surface area contributed by atoms with Gasteiger partial charge in [-0.05, 0) is 69.7 Å². The standard InChI is InChI=1S/C21H25N3O4S/c1-21(2,3)23-20(26)15-8-10-17(11-9-15)22-19(25)16-6-4-7-18(14-16)24-12-5-13-29(24,27)28/h4,6-11,14H,5,12-13H2,1-3H3,(H,22,25)(H,23,26). The molecule has 0 atom stereocenters. The minimum absolute atomic E-state index is 0.124. The summed E-state index contributed by atoms with van der Waals surface area (Å²) in [6.45, 7) is 6.13. The molecule has 0 aromatic heterocycles. The highest BCUT2D eigenvalue weighted by molar-refractivity contribution is 7.93. The first kappa shape index (κ1) is 20.9. The molecule has 0 spiro atoms. The summed E-state index contributed by atoms with van der Waals surface area (Å²) in [5.41, 5.74) is 1.56. The van der Waals surface area contributed by atoms with Gasteiger partial charge in [-0.2, -0.15) is 0 Å². The van der Waals surface area contributed by atoms with Gasteiger partial charge in [0.2, 0.25) is 10.0 Å². The first-order valence-corrected chi connectivity index (χ1v) is 11.0. The molecule has 7 nitrogen and oxygen atoms in total. The Bertz CT molecular complexity index is 1020. The number of carbonyl (C=O) groups is 2. The van der Waals surface area contributed by atoms with E-state index in [1.807, 2.05) is 20.8 Å². The fraction of sp³-hybridized carbons (Fsp3) is 0.333. The maximum atomic E-state index is 12.6. The zero-order chi connectivity index (χ0) is 21.2. The van der Waals surface area contributed by atoms with Crippen LogP contribution >= 0.6 is 0 Å². The number of carbonyl (C=O) groups excluding carboxylic acids is 2. The van der Waals surface area contributed by atoms with E-state index in [1.54, 1.807) is 48.5 Å². The highest BCUT2D eigenvalue weighted by atomic mass is 32.2. The molecule has 2 aromatic rings. The molecule has 29 heavy (non-hydrogen) atoms. The van der Waals surface area contributed by atoms with Crippen LogP contribution in [0.1, 0.15) is 47.9 Å². The maximum Gasteiger partial charge on any atom is 0.255 e. The highest BCUT2D eigenvalue weighted by Crippen LogP contribution is 2.25. The molecule has 2 amide bonds. The molecule has 2 aromatic carbocycles. The molecular formula is C21H25N3O4S. The lowest BCUT2D eigenvalue weighted by molar-refractivity contribution is 0.0919. The van der Waals surface area contributed by atoms with Crippen molar-refractivity contribution in [2.45, 2.75) is 32.7 Å². The summed E-state index contributed by atoms with van der Waals surface area (Å²) < 4.78 is 25.5. The zero-order valence-electron chi connectivity index (χ0n) is 16.7. The van der Waals surface area contributed by atoms with Gasteiger partial charge in [0.1, 0.15) is 0 Å². The van der Waals surface area contributed by atoms with Crippen molar-refractivity contribution >= 4 is 33.2 Å². The summed E-state index contributed by atoms with van der Waals surface area (Å²) >= 11 is 0. The Balaban J connectivity index is 1.71. The third kappa shape index (κ3) is 5.14. The Morgan fingerprint density at radius 2 is 1.66 bits per heavy atom. The lowest BCUT2D eigenvalue weighted by atomic mass is 10.1. The van der Waals surface area contributed by atoms with Crippen LogP contribution in [0.3, 0.4) is 0 Å². The average Bonchev–Trinajstić information content (AvgIpc) is 3.00. The Kier molecular flexibility index (Phi) is 5.66. The van der Waals surface area contributed by atoms with Gasteiger partial charge in [0.15, 0.2) is 0 Å². The van der Waals surface area contributed by atoms with Gasteiger partial charge in [-0.25, -0.2) is 8.42 Å². The van der Waals surface area contributed by atoms with E-state index < -0.39 is 10.0 Å². The van der Waals surface area contributed by atoms with Crippen molar-refractivity contribution in [1.82, 2.24) is 5.32 Å². The Morgan fingerprint density at radius 1 is 0.966 bits per heavy atom. The van der Waals surface area contributed by atoms with Crippen LogP contribution in [0.2, 0.25) is 0 Å². The number of rotatable bonds is 4.